The Bertz CT molecular complexity index is 207. The van der Waals surface area contributed by atoms with Crippen LogP contribution in [0.15, 0.2) is 0 Å². The Morgan fingerprint density at radius 3 is 2.13 bits per heavy atom. The topological polar surface area (TPSA) is 69.7 Å². The van der Waals surface area contributed by atoms with E-state index in [4.69, 9.17) is 5.73 Å². The van der Waals surface area contributed by atoms with Crippen LogP contribution in [0.25, 0.3) is 0 Å². The fourth-order valence-corrected chi connectivity index (χ4v) is 2.70. The maximum atomic E-state index is 10.5. The van der Waals surface area contributed by atoms with Crippen LogP contribution in [0.4, 0.5) is 0 Å². The van der Waals surface area contributed by atoms with Crippen molar-refractivity contribution in [3.05, 3.63) is 0 Å². The molecule has 4 heteroatoms. The zero-order valence-corrected chi connectivity index (χ0v) is 9.23. The van der Waals surface area contributed by atoms with Crippen molar-refractivity contribution in [3.63, 3.8) is 0 Å². The van der Waals surface area contributed by atoms with Crippen molar-refractivity contribution in [1.82, 2.24) is 4.90 Å². The lowest BCUT2D eigenvalue weighted by atomic mass is 9.87. The lowest BCUT2D eigenvalue weighted by Gasteiger charge is -2.46. The third kappa shape index (κ3) is 2.50. The van der Waals surface area contributed by atoms with Crippen molar-refractivity contribution in [3.8, 4) is 0 Å². The number of nitrogens with two attached hydrogens (primary N) is 1. The Labute approximate surface area is 91.1 Å². The van der Waals surface area contributed by atoms with Gasteiger partial charge in [-0.3, -0.25) is 4.90 Å². The summed E-state index contributed by atoms with van der Waals surface area (Å²) in [5.41, 5.74) is 5.18. The molecule has 0 radical (unpaired) electrons. The summed E-state index contributed by atoms with van der Waals surface area (Å²) in [5.74, 6) is 0. The molecule has 1 heterocycles. The van der Waals surface area contributed by atoms with Crippen LogP contribution in [-0.4, -0.2) is 46.1 Å². The van der Waals surface area contributed by atoms with Crippen molar-refractivity contribution < 1.29 is 10.2 Å². The third-order valence-electron chi connectivity index (χ3n) is 3.88. The molecule has 2 fully saturated rings. The van der Waals surface area contributed by atoms with Crippen LogP contribution < -0.4 is 5.73 Å². The van der Waals surface area contributed by atoms with Gasteiger partial charge in [0.2, 0.25) is 0 Å². The van der Waals surface area contributed by atoms with Crippen molar-refractivity contribution in [2.45, 2.75) is 56.4 Å². The van der Waals surface area contributed by atoms with Gasteiger partial charge >= 0.3 is 0 Å². The molecule has 15 heavy (non-hydrogen) atoms. The smallest absolute Gasteiger partial charge is 0.118 e. The molecule has 0 aromatic rings. The maximum absolute atomic E-state index is 10.5. The highest BCUT2D eigenvalue weighted by molar-refractivity contribution is 4.89. The summed E-state index contributed by atoms with van der Waals surface area (Å²) in [6, 6.07) is 0.305. The SMILES string of the molecule is NC1CCN(C2(O)CCC(O)CC2)CC1. The molecule has 0 bridgehead atoms. The van der Waals surface area contributed by atoms with E-state index >= 15 is 0 Å². The molecule has 2 aliphatic rings. The van der Waals surface area contributed by atoms with E-state index in [2.05, 4.69) is 4.90 Å². The van der Waals surface area contributed by atoms with Crippen LogP contribution in [0.5, 0.6) is 0 Å². The Morgan fingerprint density at radius 1 is 1.07 bits per heavy atom. The van der Waals surface area contributed by atoms with Crippen LogP contribution in [0.2, 0.25) is 0 Å². The normalized spacial score (nSPS) is 40.6. The lowest BCUT2D eigenvalue weighted by Crippen LogP contribution is -2.55. The van der Waals surface area contributed by atoms with E-state index in [0.29, 0.717) is 18.9 Å². The highest BCUT2D eigenvalue weighted by atomic mass is 16.3. The molecule has 1 saturated carbocycles. The fraction of sp³-hybridized carbons (Fsp3) is 1.00. The molecule has 2 rings (SSSR count). The molecule has 0 aromatic carbocycles. The molecule has 1 aliphatic heterocycles. The average Bonchev–Trinajstić information content (AvgIpc) is 2.24. The van der Waals surface area contributed by atoms with E-state index in [0.717, 1.165) is 38.8 Å². The summed E-state index contributed by atoms with van der Waals surface area (Å²) in [7, 11) is 0. The largest absolute Gasteiger partial charge is 0.393 e. The monoisotopic (exact) mass is 214 g/mol. The van der Waals surface area contributed by atoms with E-state index in [1.165, 1.54) is 0 Å². The highest BCUT2D eigenvalue weighted by Crippen LogP contribution is 2.33. The molecule has 1 saturated heterocycles. The number of aliphatic hydroxyl groups is 2. The Balaban J connectivity index is 1.91. The molecule has 0 spiro atoms. The number of hydrogen-bond donors (Lipinski definition) is 3. The minimum atomic E-state index is -0.667. The lowest BCUT2D eigenvalue weighted by molar-refractivity contribution is -0.152. The van der Waals surface area contributed by atoms with Crippen LogP contribution >= 0.6 is 0 Å². The average molecular weight is 214 g/mol. The van der Waals surface area contributed by atoms with Gasteiger partial charge < -0.3 is 15.9 Å². The van der Waals surface area contributed by atoms with Gasteiger partial charge in [0.25, 0.3) is 0 Å². The van der Waals surface area contributed by atoms with E-state index in [-0.39, 0.29) is 6.10 Å². The predicted octanol–water partition coefficient (Wildman–Crippen LogP) is 0.0330. The van der Waals surface area contributed by atoms with E-state index in [1.54, 1.807) is 0 Å². The highest BCUT2D eigenvalue weighted by Gasteiger charge is 2.39. The van der Waals surface area contributed by atoms with Gasteiger partial charge in [0, 0.05) is 19.1 Å². The molecule has 0 unspecified atom stereocenters. The van der Waals surface area contributed by atoms with Crippen molar-refractivity contribution in [2.24, 2.45) is 5.73 Å². The Hall–Kier alpha value is -0.160. The molecule has 0 amide bonds. The van der Waals surface area contributed by atoms with Crippen LogP contribution in [-0.2, 0) is 0 Å². The van der Waals surface area contributed by atoms with Gasteiger partial charge in [0.15, 0.2) is 0 Å². The standard InChI is InChI=1S/C11H22N2O2/c12-9-3-7-13(8-4-9)11(15)5-1-10(14)2-6-11/h9-10,14-15H,1-8,12H2. The van der Waals surface area contributed by atoms with Crippen molar-refractivity contribution in [2.75, 3.05) is 13.1 Å². The van der Waals surface area contributed by atoms with Crippen molar-refractivity contribution in [1.29, 1.82) is 0 Å². The van der Waals surface area contributed by atoms with Crippen molar-refractivity contribution >= 4 is 0 Å². The van der Waals surface area contributed by atoms with Crippen LogP contribution in [0.1, 0.15) is 38.5 Å². The second-order valence-electron chi connectivity index (χ2n) is 5.04. The first-order valence-electron chi connectivity index (χ1n) is 6.01. The predicted molar refractivity (Wildman–Crippen MR) is 58.2 cm³/mol. The number of hydrogen-bond acceptors (Lipinski definition) is 4. The van der Waals surface area contributed by atoms with Gasteiger partial charge in [0.05, 0.1) is 6.10 Å². The molecule has 0 aromatic heterocycles. The summed E-state index contributed by atoms with van der Waals surface area (Å²) >= 11 is 0. The summed E-state index contributed by atoms with van der Waals surface area (Å²) in [6.45, 7) is 1.79. The minimum absolute atomic E-state index is 0.211. The summed E-state index contributed by atoms with van der Waals surface area (Å²) in [5, 5.41) is 19.9. The molecule has 4 nitrogen and oxygen atoms in total. The molecular weight excluding hydrogens is 192 g/mol. The molecule has 0 atom stereocenters. The Morgan fingerprint density at radius 2 is 1.60 bits per heavy atom. The van der Waals surface area contributed by atoms with E-state index in [9.17, 15) is 10.2 Å². The first-order valence-corrected chi connectivity index (χ1v) is 6.01. The molecule has 1 aliphatic carbocycles. The van der Waals surface area contributed by atoms with E-state index < -0.39 is 5.72 Å². The molecule has 88 valence electrons. The number of nitrogens with zero attached hydrogens (tertiary/aromatic N) is 1. The summed E-state index contributed by atoms with van der Waals surface area (Å²) < 4.78 is 0. The van der Waals surface area contributed by atoms with Crippen LogP contribution in [0, 0.1) is 0 Å². The van der Waals surface area contributed by atoms with E-state index in [1.807, 2.05) is 0 Å². The van der Waals surface area contributed by atoms with Gasteiger partial charge in [-0.15, -0.1) is 0 Å². The van der Waals surface area contributed by atoms with Gasteiger partial charge in [-0.05, 0) is 38.5 Å². The Kier molecular flexibility index (Phi) is 3.30. The number of likely N-dealkylation sites (tertiary alicyclic amines) is 1. The quantitative estimate of drug-likeness (QED) is 0.576. The third-order valence-corrected chi connectivity index (χ3v) is 3.88. The zero-order valence-electron chi connectivity index (χ0n) is 9.23. The second-order valence-corrected chi connectivity index (χ2v) is 5.04. The van der Waals surface area contributed by atoms with Gasteiger partial charge in [-0.25, -0.2) is 0 Å². The van der Waals surface area contributed by atoms with Gasteiger partial charge in [-0.2, -0.15) is 0 Å². The maximum Gasteiger partial charge on any atom is 0.118 e. The molecule has 4 N–H and O–H groups in total. The minimum Gasteiger partial charge on any atom is -0.393 e. The first kappa shape index (κ1) is 11.3. The second kappa shape index (κ2) is 4.37. The summed E-state index contributed by atoms with van der Waals surface area (Å²) in [4.78, 5) is 2.16. The van der Waals surface area contributed by atoms with Gasteiger partial charge in [0.1, 0.15) is 5.72 Å². The first-order chi connectivity index (χ1) is 7.10. The number of piperidine rings is 1. The zero-order chi connectivity index (χ0) is 10.9. The summed E-state index contributed by atoms with van der Waals surface area (Å²) in [6.07, 6.45) is 4.58. The number of rotatable bonds is 1. The fourth-order valence-electron chi connectivity index (χ4n) is 2.70. The molecular formula is C11H22N2O2. The van der Waals surface area contributed by atoms with Gasteiger partial charge in [-0.1, -0.05) is 0 Å². The van der Waals surface area contributed by atoms with Crippen LogP contribution in [0.3, 0.4) is 0 Å². The number of aliphatic hydroxyl groups excluding tert-OH is 1.